The predicted octanol–water partition coefficient (Wildman–Crippen LogP) is 2.22. The average Bonchev–Trinajstić information content (AvgIpc) is 2.79. The number of allylic oxidation sites excluding steroid dienone is 1. The van der Waals surface area contributed by atoms with Gasteiger partial charge in [-0.25, -0.2) is 15.0 Å². The van der Waals surface area contributed by atoms with Crippen molar-refractivity contribution >= 4 is 40.1 Å². The van der Waals surface area contributed by atoms with Gasteiger partial charge in [-0.3, -0.25) is 14.4 Å². The fraction of sp³-hybridized carbons (Fsp3) is 0.364. The first kappa shape index (κ1) is 22.0. The smallest absolute Gasteiger partial charge is 0.244 e. The Kier molecular flexibility index (Phi) is 6.87. The summed E-state index contributed by atoms with van der Waals surface area (Å²) in [5.74, 6) is 0.574. The summed E-state index contributed by atoms with van der Waals surface area (Å²) in [6.45, 7) is 0.745. The van der Waals surface area contributed by atoms with Crippen LogP contribution in [0.1, 0.15) is 19.3 Å². The Morgan fingerprint density at radius 3 is 2.94 bits per heavy atom. The second-order valence-corrected chi connectivity index (χ2v) is 7.93. The van der Waals surface area contributed by atoms with Gasteiger partial charge in [-0.2, -0.15) is 0 Å². The summed E-state index contributed by atoms with van der Waals surface area (Å²) < 4.78 is 5.86. The molecule has 1 aliphatic heterocycles. The molecule has 1 aromatic carbocycles. The summed E-state index contributed by atoms with van der Waals surface area (Å²) in [5.41, 5.74) is 1.40. The Balaban J connectivity index is 1.79. The minimum absolute atomic E-state index is 0.118. The van der Waals surface area contributed by atoms with Crippen molar-refractivity contribution in [2.24, 2.45) is 0 Å². The fourth-order valence-electron chi connectivity index (χ4n) is 3.75. The lowest BCUT2D eigenvalue weighted by Gasteiger charge is -2.33. The highest BCUT2D eigenvalue weighted by Crippen LogP contribution is 2.34. The Morgan fingerprint density at radius 1 is 1.22 bits per heavy atom. The maximum atomic E-state index is 12.5. The molecule has 2 bridgehead atoms. The van der Waals surface area contributed by atoms with Crippen LogP contribution in [0.2, 0.25) is 0 Å². The van der Waals surface area contributed by atoms with E-state index in [1.165, 1.54) is 12.4 Å². The van der Waals surface area contributed by atoms with E-state index in [1.807, 2.05) is 18.2 Å². The first-order chi connectivity index (χ1) is 15.5. The largest absolute Gasteiger partial charge is 0.494 e. The molecule has 0 saturated carbocycles. The van der Waals surface area contributed by atoms with E-state index in [0.29, 0.717) is 54.6 Å². The van der Waals surface area contributed by atoms with E-state index in [9.17, 15) is 9.59 Å². The van der Waals surface area contributed by atoms with Gasteiger partial charge in [-0.15, -0.1) is 0 Å². The molecule has 2 aliphatic rings. The second-order valence-electron chi connectivity index (χ2n) is 7.44. The fourth-order valence-corrected chi connectivity index (χ4v) is 3.99. The van der Waals surface area contributed by atoms with Crippen LogP contribution < -0.4 is 20.4 Å². The van der Waals surface area contributed by atoms with Crippen molar-refractivity contribution < 1.29 is 19.2 Å². The van der Waals surface area contributed by atoms with Crippen molar-refractivity contribution in [3.63, 3.8) is 0 Å². The molecule has 2 aromatic rings. The number of amides is 2. The topological polar surface area (TPSA) is 106 Å². The number of carbonyl (C=O) groups is 2. The second kappa shape index (κ2) is 9.97. The molecule has 1 unspecified atom stereocenters. The summed E-state index contributed by atoms with van der Waals surface area (Å²) >= 11 is 6.29. The first-order valence-corrected chi connectivity index (χ1v) is 10.8. The number of benzene rings is 1. The minimum atomic E-state index is -0.388. The van der Waals surface area contributed by atoms with E-state index in [0.717, 1.165) is 10.9 Å². The van der Waals surface area contributed by atoms with E-state index in [-0.39, 0.29) is 24.4 Å². The monoisotopic (exact) mass is 457 g/mol. The molecule has 10 heteroatoms. The van der Waals surface area contributed by atoms with E-state index in [4.69, 9.17) is 21.2 Å². The minimum Gasteiger partial charge on any atom is -0.494 e. The number of nitrogens with zero attached hydrogens (tertiary/aromatic N) is 3. The van der Waals surface area contributed by atoms with Gasteiger partial charge < -0.3 is 15.4 Å². The summed E-state index contributed by atoms with van der Waals surface area (Å²) in [6.07, 6.45) is 6.55. The lowest BCUT2D eigenvalue weighted by Crippen LogP contribution is -2.39. The molecule has 0 saturated heterocycles. The molecule has 2 heterocycles. The third kappa shape index (κ3) is 5.00. The third-order valence-corrected chi connectivity index (χ3v) is 5.57. The van der Waals surface area contributed by atoms with Crippen LogP contribution in [0.5, 0.6) is 5.75 Å². The Hall–Kier alpha value is -3.17. The van der Waals surface area contributed by atoms with E-state index in [1.54, 1.807) is 18.2 Å². The number of aromatic nitrogens is 2. The SMILES string of the molecule is CON1c2ncnc3ccc(cc23)OCCCNC(=O)CNC(=O)/C=C2\C=C(Cl)CCC21. The van der Waals surface area contributed by atoms with Gasteiger partial charge in [0.15, 0.2) is 5.82 Å². The molecular weight excluding hydrogens is 434 g/mol. The van der Waals surface area contributed by atoms with E-state index in [2.05, 4.69) is 20.6 Å². The molecule has 9 nitrogen and oxygen atoms in total. The summed E-state index contributed by atoms with van der Waals surface area (Å²) in [4.78, 5) is 39.1. The van der Waals surface area contributed by atoms with Crippen molar-refractivity contribution in [2.45, 2.75) is 25.3 Å². The van der Waals surface area contributed by atoms with Gasteiger partial charge in [-0.05, 0) is 49.1 Å². The number of rotatable bonds is 1. The number of hydrogen-bond donors (Lipinski definition) is 2. The van der Waals surface area contributed by atoms with Crippen molar-refractivity contribution in [2.75, 3.05) is 31.9 Å². The van der Waals surface area contributed by atoms with Crippen LogP contribution in [0, 0.1) is 0 Å². The quantitative estimate of drug-likeness (QED) is 0.676. The van der Waals surface area contributed by atoms with E-state index >= 15 is 0 Å². The van der Waals surface area contributed by atoms with Crippen molar-refractivity contribution in [1.29, 1.82) is 0 Å². The van der Waals surface area contributed by atoms with Crippen molar-refractivity contribution in [3.05, 3.63) is 47.3 Å². The number of hydrogen-bond acceptors (Lipinski definition) is 7. The van der Waals surface area contributed by atoms with Crippen LogP contribution in [-0.2, 0) is 14.4 Å². The van der Waals surface area contributed by atoms with Gasteiger partial charge in [0.05, 0.1) is 31.8 Å². The maximum Gasteiger partial charge on any atom is 0.244 e. The molecule has 168 valence electrons. The number of nitrogens with one attached hydrogen (secondary N) is 2. The van der Waals surface area contributed by atoms with Crippen LogP contribution in [-0.4, -0.2) is 54.6 Å². The molecule has 0 radical (unpaired) electrons. The predicted molar refractivity (Wildman–Crippen MR) is 120 cm³/mol. The lowest BCUT2D eigenvalue weighted by molar-refractivity contribution is -0.124. The molecular formula is C22H24ClN5O4. The number of hydroxylamine groups is 1. The molecule has 2 amide bonds. The number of anilines is 1. The number of fused-ring (bicyclic) bond motifs is 2. The van der Waals surface area contributed by atoms with Gasteiger partial charge in [-0.1, -0.05) is 11.6 Å². The number of ether oxygens (including phenoxy) is 1. The summed E-state index contributed by atoms with van der Waals surface area (Å²) in [6, 6.07) is 5.26. The zero-order valence-corrected chi connectivity index (χ0v) is 18.4. The highest BCUT2D eigenvalue weighted by Gasteiger charge is 2.29. The molecule has 0 fully saturated rings. The van der Waals surface area contributed by atoms with Gasteiger partial charge in [0.2, 0.25) is 11.8 Å². The van der Waals surface area contributed by atoms with Gasteiger partial charge >= 0.3 is 0 Å². The van der Waals surface area contributed by atoms with Crippen molar-refractivity contribution in [3.8, 4) is 5.75 Å². The van der Waals surface area contributed by atoms with Crippen molar-refractivity contribution in [1.82, 2.24) is 20.6 Å². The number of carbonyl (C=O) groups excluding carboxylic acids is 2. The van der Waals surface area contributed by atoms with Crippen LogP contribution in [0.3, 0.4) is 0 Å². The Labute approximate surface area is 190 Å². The Bertz CT molecular complexity index is 1090. The Morgan fingerprint density at radius 2 is 2.09 bits per heavy atom. The van der Waals surface area contributed by atoms with Gasteiger partial charge in [0.25, 0.3) is 0 Å². The van der Waals surface area contributed by atoms with Crippen LogP contribution in [0.25, 0.3) is 10.9 Å². The standard InChI is InChI=1S/C22H24ClN5O4/c1-31-28-19-6-3-15(23)9-14(19)10-20(29)25-12-21(30)24-7-2-8-32-16-4-5-18-17(11-16)22(28)27-13-26-18/h4-5,9-11,13,19H,2-3,6-8,12H2,1H3,(H,24,30)(H,25,29)/b14-10+. The summed E-state index contributed by atoms with van der Waals surface area (Å²) in [7, 11) is 1.55. The lowest BCUT2D eigenvalue weighted by atomic mass is 9.94. The zero-order chi connectivity index (χ0) is 22.5. The molecule has 1 atom stereocenters. The normalized spacial score (nSPS) is 22.1. The molecule has 2 N–H and O–H groups in total. The molecule has 1 aliphatic carbocycles. The molecule has 0 spiro atoms. The number of halogens is 1. The molecule has 32 heavy (non-hydrogen) atoms. The highest BCUT2D eigenvalue weighted by atomic mass is 35.5. The first-order valence-electron chi connectivity index (χ1n) is 10.4. The van der Waals surface area contributed by atoms with Crippen LogP contribution in [0.4, 0.5) is 5.82 Å². The van der Waals surface area contributed by atoms with E-state index < -0.39 is 0 Å². The third-order valence-electron chi connectivity index (χ3n) is 5.27. The van der Waals surface area contributed by atoms with Gasteiger partial charge in [0.1, 0.15) is 12.1 Å². The molecule has 1 aromatic heterocycles. The average molecular weight is 458 g/mol. The van der Waals surface area contributed by atoms with Gasteiger partial charge in [0, 0.05) is 23.0 Å². The molecule has 4 rings (SSSR count). The highest BCUT2D eigenvalue weighted by molar-refractivity contribution is 6.29. The maximum absolute atomic E-state index is 12.5. The zero-order valence-electron chi connectivity index (χ0n) is 17.6. The van der Waals surface area contributed by atoms with Crippen LogP contribution >= 0.6 is 11.6 Å². The summed E-state index contributed by atoms with van der Waals surface area (Å²) in [5, 5.41) is 8.45. The van der Waals surface area contributed by atoms with Crippen LogP contribution in [0.15, 0.2) is 47.3 Å².